The van der Waals surface area contributed by atoms with Crippen LogP contribution in [-0.2, 0) is 0 Å². The zero-order valence-electron chi connectivity index (χ0n) is 12.7. The summed E-state index contributed by atoms with van der Waals surface area (Å²) in [6.45, 7) is 3.03. The SMILES string of the molecule is Cc1ccc(C(N)=S)c(NCC2(N(C)C)CCCC2)c1. The molecule has 3 nitrogen and oxygen atoms in total. The average molecular weight is 291 g/mol. The lowest BCUT2D eigenvalue weighted by molar-refractivity contribution is 0.172. The maximum absolute atomic E-state index is 5.82. The van der Waals surface area contributed by atoms with E-state index in [4.69, 9.17) is 18.0 Å². The van der Waals surface area contributed by atoms with Crippen molar-refractivity contribution < 1.29 is 0 Å². The summed E-state index contributed by atoms with van der Waals surface area (Å²) in [6.07, 6.45) is 5.13. The van der Waals surface area contributed by atoms with Crippen LogP contribution in [-0.4, -0.2) is 36.1 Å². The lowest BCUT2D eigenvalue weighted by Gasteiger charge is -2.37. The zero-order chi connectivity index (χ0) is 14.8. The Labute approximate surface area is 127 Å². The molecule has 110 valence electrons. The van der Waals surface area contributed by atoms with Gasteiger partial charge in [0.25, 0.3) is 0 Å². The number of nitrogens with one attached hydrogen (secondary N) is 1. The van der Waals surface area contributed by atoms with E-state index in [0.717, 1.165) is 17.8 Å². The van der Waals surface area contributed by atoms with Crippen LogP contribution in [0.4, 0.5) is 5.69 Å². The molecular formula is C16H25N3S. The largest absolute Gasteiger partial charge is 0.389 e. The predicted molar refractivity (Wildman–Crippen MR) is 90.4 cm³/mol. The molecule has 0 heterocycles. The first-order valence-corrected chi connectivity index (χ1v) is 7.67. The fourth-order valence-corrected chi connectivity index (χ4v) is 3.27. The fraction of sp³-hybridized carbons (Fsp3) is 0.562. The van der Waals surface area contributed by atoms with E-state index in [1.54, 1.807) is 0 Å². The van der Waals surface area contributed by atoms with Gasteiger partial charge < -0.3 is 16.0 Å². The summed E-state index contributed by atoms with van der Waals surface area (Å²) in [5, 5.41) is 3.59. The zero-order valence-corrected chi connectivity index (χ0v) is 13.5. The third kappa shape index (κ3) is 3.13. The van der Waals surface area contributed by atoms with Crippen LogP contribution in [0, 0.1) is 6.92 Å². The highest BCUT2D eigenvalue weighted by molar-refractivity contribution is 7.80. The summed E-state index contributed by atoms with van der Waals surface area (Å²) in [5.74, 6) is 0. The van der Waals surface area contributed by atoms with E-state index in [9.17, 15) is 0 Å². The van der Waals surface area contributed by atoms with E-state index in [-0.39, 0.29) is 5.54 Å². The van der Waals surface area contributed by atoms with Crippen molar-refractivity contribution in [3.63, 3.8) is 0 Å². The molecule has 1 aliphatic rings. The maximum atomic E-state index is 5.82. The van der Waals surface area contributed by atoms with Crippen molar-refractivity contribution in [3.05, 3.63) is 29.3 Å². The van der Waals surface area contributed by atoms with Crippen molar-refractivity contribution in [2.24, 2.45) is 5.73 Å². The molecule has 2 rings (SSSR count). The van der Waals surface area contributed by atoms with Gasteiger partial charge in [-0.3, -0.25) is 0 Å². The molecule has 1 saturated carbocycles. The van der Waals surface area contributed by atoms with Gasteiger partial charge in [-0.1, -0.05) is 31.1 Å². The highest BCUT2D eigenvalue weighted by Gasteiger charge is 2.35. The molecule has 0 amide bonds. The highest BCUT2D eigenvalue weighted by atomic mass is 32.1. The van der Waals surface area contributed by atoms with Gasteiger partial charge in [-0.2, -0.15) is 0 Å². The van der Waals surface area contributed by atoms with Crippen LogP contribution >= 0.6 is 12.2 Å². The molecule has 0 unspecified atom stereocenters. The standard InChI is InChI=1S/C16H25N3S/c1-12-6-7-13(15(17)20)14(10-12)18-11-16(19(2)3)8-4-5-9-16/h6-7,10,18H,4-5,8-9,11H2,1-3H3,(H2,17,20). The normalized spacial score (nSPS) is 17.4. The molecule has 20 heavy (non-hydrogen) atoms. The number of rotatable bonds is 5. The number of hydrogen-bond acceptors (Lipinski definition) is 3. The average Bonchev–Trinajstić information content (AvgIpc) is 2.86. The summed E-state index contributed by atoms with van der Waals surface area (Å²) in [4.78, 5) is 2.82. The van der Waals surface area contributed by atoms with Gasteiger partial charge in [-0.05, 0) is 51.6 Å². The van der Waals surface area contributed by atoms with Crippen LogP contribution in [0.3, 0.4) is 0 Å². The Morgan fingerprint density at radius 1 is 1.35 bits per heavy atom. The number of anilines is 1. The van der Waals surface area contributed by atoms with E-state index in [2.05, 4.69) is 43.4 Å². The molecule has 1 fully saturated rings. The summed E-state index contributed by atoms with van der Waals surface area (Å²) in [6, 6.07) is 6.20. The van der Waals surface area contributed by atoms with E-state index in [1.165, 1.54) is 31.2 Å². The van der Waals surface area contributed by atoms with Crippen molar-refractivity contribution in [3.8, 4) is 0 Å². The molecule has 0 saturated heterocycles. The third-order valence-corrected chi connectivity index (χ3v) is 4.75. The molecule has 0 atom stereocenters. The van der Waals surface area contributed by atoms with E-state index < -0.39 is 0 Å². The van der Waals surface area contributed by atoms with Gasteiger partial charge in [0, 0.05) is 23.3 Å². The Bertz CT molecular complexity index is 490. The molecule has 4 heteroatoms. The molecule has 1 aliphatic carbocycles. The minimum atomic E-state index is 0.261. The van der Waals surface area contributed by atoms with Gasteiger partial charge in [0.15, 0.2) is 0 Å². The summed E-state index contributed by atoms with van der Waals surface area (Å²) < 4.78 is 0. The second kappa shape index (κ2) is 6.10. The molecular weight excluding hydrogens is 266 g/mol. The fourth-order valence-electron chi connectivity index (χ4n) is 3.09. The molecule has 0 spiro atoms. The number of hydrogen-bond donors (Lipinski definition) is 2. The Balaban J connectivity index is 2.17. The molecule has 1 aromatic carbocycles. The summed E-state index contributed by atoms with van der Waals surface area (Å²) in [5.41, 5.74) is 9.31. The first-order valence-electron chi connectivity index (χ1n) is 7.26. The van der Waals surface area contributed by atoms with Crippen LogP contribution in [0.5, 0.6) is 0 Å². The number of likely N-dealkylation sites (N-methyl/N-ethyl adjacent to an activating group) is 1. The second-order valence-electron chi connectivity index (χ2n) is 6.09. The number of aryl methyl sites for hydroxylation is 1. The van der Waals surface area contributed by atoms with E-state index in [1.807, 2.05) is 6.07 Å². The number of benzene rings is 1. The van der Waals surface area contributed by atoms with Crippen LogP contribution in [0.25, 0.3) is 0 Å². The van der Waals surface area contributed by atoms with Gasteiger partial charge in [0.1, 0.15) is 4.99 Å². The molecule has 0 bridgehead atoms. The lowest BCUT2D eigenvalue weighted by Crippen LogP contribution is -2.47. The van der Waals surface area contributed by atoms with Crippen LogP contribution in [0.1, 0.15) is 36.8 Å². The van der Waals surface area contributed by atoms with Gasteiger partial charge >= 0.3 is 0 Å². The number of nitrogens with two attached hydrogens (primary N) is 1. The van der Waals surface area contributed by atoms with Crippen molar-refractivity contribution in [1.82, 2.24) is 4.90 Å². The Hall–Kier alpha value is -1.13. The molecule has 0 aliphatic heterocycles. The summed E-state index contributed by atoms with van der Waals surface area (Å²) in [7, 11) is 4.36. The Morgan fingerprint density at radius 3 is 2.55 bits per heavy atom. The predicted octanol–water partition coefficient (Wildman–Crippen LogP) is 2.92. The topological polar surface area (TPSA) is 41.3 Å². The van der Waals surface area contributed by atoms with Gasteiger partial charge in [-0.15, -0.1) is 0 Å². The van der Waals surface area contributed by atoms with Crippen molar-refractivity contribution in [2.45, 2.75) is 38.1 Å². The Kier molecular flexibility index (Phi) is 4.66. The van der Waals surface area contributed by atoms with Crippen molar-refractivity contribution in [2.75, 3.05) is 26.0 Å². The van der Waals surface area contributed by atoms with Crippen LogP contribution in [0.2, 0.25) is 0 Å². The van der Waals surface area contributed by atoms with Gasteiger partial charge in [0.2, 0.25) is 0 Å². The van der Waals surface area contributed by atoms with E-state index in [0.29, 0.717) is 4.99 Å². The second-order valence-corrected chi connectivity index (χ2v) is 6.53. The van der Waals surface area contributed by atoms with E-state index >= 15 is 0 Å². The van der Waals surface area contributed by atoms with Gasteiger partial charge in [-0.25, -0.2) is 0 Å². The lowest BCUT2D eigenvalue weighted by atomic mass is 9.95. The van der Waals surface area contributed by atoms with Gasteiger partial charge in [0.05, 0.1) is 0 Å². The monoisotopic (exact) mass is 291 g/mol. The van der Waals surface area contributed by atoms with Crippen molar-refractivity contribution >= 4 is 22.9 Å². The smallest absolute Gasteiger partial charge is 0.106 e. The maximum Gasteiger partial charge on any atom is 0.106 e. The van der Waals surface area contributed by atoms with Crippen molar-refractivity contribution in [1.29, 1.82) is 0 Å². The van der Waals surface area contributed by atoms with Crippen LogP contribution in [0.15, 0.2) is 18.2 Å². The van der Waals surface area contributed by atoms with Crippen LogP contribution < -0.4 is 11.1 Å². The molecule has 1 aromatic rings. The first kappa shape index (κ1) is 15.3. The minimum Gasteiger partial charge on any atom is -0.389 e. The number of thiocarbonyl (C=S) groups is 1. The Morgan fingerprint density at radius 2 is 2.00 bits per heavy atom. The summed E-state index contributed by atoms with van der Waals surface area (Å²) >= 11 is 5.15. The first-order chi connectivity index (χ1) is 9.44. The minimum absolute atomic E-state index is 0.261. The highest BCUT2D eigenvalue weighted by Crippen LogP contribution is 2.34. The number of nitrogens with zero attached hydrogens (tertiary/aromatic N) is 1. The molecule has 3 N–H and O–H groups in total. The quantitative estimate of drug-likeness (QED) is 0.819. The molecule has 0 aromatic heterocycles. The molecule has 0 radical (unpaired) electrons. The third-order valence-electron chi connectivity index (χ3n) is 4.53.